The third kappa shape index (κ3) is 4.88. The number of halogens is 2. The molecule has 1 aliphatic heterocycles. The maximum atomic E-state index is 13.9. The molecule has 41 heavy (non-hydrogen) atoms. The van der Waals surface area contributed by atoms with E-state index in [-0.39, 0.29) is 45.8 Å². The van der Waals surface area contributed by atoms with E-state index in [1.165, 1.54) is 17.7 Å². The number of hydrogen-bond acceptors (Lipinski definition) is 8. The largest absolute Gasteiger partial charge is 0.325 e. The molecule has 210 valence electrons. The molecule has 1 aliphatic carbocycles. The molecule has 2 amide bonds. The van der Waals surface area contributed by atoms with Crippen molar-refractivity contribution in [2.45, 2.75) is 59.2 Å². The van der Waals surface area contributed by atoms with Crippen LogP contribution < -0.4 is 5.32 Å². The van der Waals surface area contributed by atoms with Gasteiger partial charge in [-0.2, -0.15) is 5.10 Å². The Kier molecular flexibility index (Phi) is 6.44. The highest BCUT2D eigenvalue weighted by molar-refractivity contribution is 9.10. The minimum absolute atomic E-state index is 0.0562. The molecule has 1 saturated heterocycles. The molecule has 0 radical (unpaired) electrons. The number of pyridine rings is 2. The Labute approximate surface area is 242 Å². The standard InChI is InChI=1S/C28H26BrFN8O3/c1-13-26-18(7-19(33-13)16-10-31-15(3)32-11-16)25(14(2)39)36-37(26)12-24(40)38-20(8-28(4)9-21(28)38)27(41)35-23-6-17(30)5-22(29)34-23/h5-7,10-11,20-21H,8-9,12H2,1-4H3,(H,34,35,41)/t20-,21+,28-/m0/s1. The van der Waals surface area contributed by atoms with Crippen molar-refractivity contribution in [1.29, 1.82) is 0 Å². The number of anilines is 1. The third-order valence-electron chi connectivity index (χ3n) is 7.83. The molecule has 4 aromatic heterocycles. The van der Waals surface area contributed by atoms with Crippen LogP contribution in [0.2, 0.25) is 0 Å². The predicted octanol–water partition coefficient (Wildman–Crippen LogP) is 4.02. The number of nitrogens with zero attached hydrogens (tertiary/aromatic N) is 7. The summed E-state index contributed by atoms with van der Waals surface area (Å²) < 4.78 is 15.6. The van der Waals surface area contributed by atoms with Gasteiger partial charge in [0.25, 0.3) is 0 Å². The highest BCUT2D eigenvalue weighted by Gasteiger charge is 2.64. The fraction of sp³-hybridized carbons (Fsp3) is 0.357. The van der Waals surface area contributed by atoms with Crippen LogP contribution in [0.1, 0.15) is 48.7 Å². The van der Waals surface area contributed by atoms with E-state index in [0.717, 1.165) is 12.5 Å². The first-order valence-corrected chi connectivity index (χ1v) is 13.9. The van der Waals surface area contributed by atoms with E-state index >= 15 is 0 Å². The summed E-state index contributed by atoms with van der Waals surface area (Å²) in [6, 6.07) is 3.22. The van der Waals surface area contributed by atoms with Gasteiger partial charge in [0.2, 0.25) is 11.8 Å². The highest BCUT2D eigenvalue weighted by Crippen LogP contribution is 2.59. The number of aryl methyl sites for hydroxylation is 2. The maximum absolute atomic E-state index is 13.9. The normalized spacial score (nSPS) is 21.2. The van der Waals surface area contributed by atoms with Crippen molar-refractivity contribution >= 4 is 50.2 Å². The van der Waals surface area contributed by atoms with Crippen LogP contribution in [0, 0.1) is 25.1 Å². The number of ketones is 1. The Balaban J connectivity index is 1.31. The second-order valence-electron chi connectivity index (χ2n) is 10.9. The molecule has 6 rings (SSSR count). The molecule has 2 aliphatic rings. The van der Waals surface area contributed by atoms with Crippen molar-refractivity contribution in [2.24, 2.45) is 5.41 Å². The van der Waals surface area contributed by atoms with Gasteiger partial charge in [-0.05, 0) is 54.1 Å². The molecule has 0 aromatic carbocycles. The Morgan fingerprint density at radius 3 is 2.54 bits per heavy atom. The molecule has 13 heteroatoms. The van der Waals surface area contributed by atoms with Crippen molar-refractivity contribution in [3.05, 3.63) is 58.2 Å². The molecule has 11 nitrogen and oxygen atoms in total. The number of carbonyl (C=O) groups is 3. The number of fused-ring (bicyclic) bond motifs is 2. The summed E-state index contributed by atoms with van der Waals surface area (Å²) in [5.41, 5.74) is 2.48. The monoisotopic (exact) mass is 620 g/mol. The Bertz CT molecular complexity index is 1740. The third-order valence-corrected chi connectivity index (χ3v) is 8.24. The van der Waals surface area contributed by atoms with E-state index in [2.05, 4.69) is 41.3 Å². The summed E-state index contributed by atoms with van der Waals surface area (Å²) >= 11 is 3.13. The second kappa shape index (κ2) is 9.75. The van der Waals surface area contributed by atoms with Gasteiger partial charge in [0.15, 0.2) is 5.78 Å². The van der Waals surface area contributed by atoms with E-state index < -0.39 is 17.8 Å². The summed E-state index contributed by atoms with van der Waals surface area (Å²) in [6.45, 7) is 6.87. The number of carbonyl (C=O) groups excluding carboxylic acids is 3. The van der Waals surface area contributed by atoms with Crippen molar-refractivity contribution in [3.8, 4) is 11.3 Å². The fourth-order valence-electron chi connectivity index (χ4n) is 5.75. The number of rotatable bonds is 6. The molecule has 0 unspecified atom stereocenters. The van der Waals surface area contributed by atoms with E-state index in [9.17, 15) is 18.8 Å². The summed E-state index contributed by atoms with van der Waals surface area (Å²) in [5, 5.41) is 7.74. The quantitative estimate of drug-likeness (QED) is 0.252. The first kappa shape index (κ1) is 27.1. The van der Waals surface area contributed by atoms with E-state index in [0.29, 0.717) is 40.1 Å². The number of hydrogen-bond donors (Lipinski definition) is 1. The minimum atomic E-state index is -0.753. The first-order valence-electron chi connectivity index (χ1n) is 13.1. The zero-order valence-corrected chi connectivity index (χ0v) is 24.4. The van der Waals surface area contributed by atoms with Gasteiger partial charge in [0, 0.05) is 48.4 Å². The van der Waals surface area contributed by atoms with Crippen molar-refractivity contribution in [1.82, 2.24) is 34.6 Å². The number of amides is 2. The van der Waals surface area contributed by atoms with Crippen LogP contribution in [0.5, 0.6) is 0 Å². The molecule has 3 atom stereocenters. The smallest absolute Gasteiger partial charge is 0.248 e. The summed E-state index contributed by atoms with van der Waals surface area (Å²) in [6.07, 6.45) is 4.60. The molecular weight excluding hydrogens is 595 g/mol. The van der Waals surface area contributed by atoms with Gasteiger partial charge in [-0.1, -0.05) is 6.92 Å². The van der Waals surface area contributed by atoms with Crippen molar-refractivity contribution < 1.29 is 18.8 Å². The van der Waals surface area contributed by atoms with E-state index in [1.807, 2.05) is 6.92 Å². The van der Waals surface area contributed by atoms with Crippen LogP contribution in [-0.4, -0.2) is 64.3 Å². The van der Waals surface area contributed by atoms with Crippen LogP contribution in [0.3, 0.4) is 0 Å². The van der Waals surface area contributed by atoms with Gasteiger partial charge in [0.1, 0.15) is 40.3 Å². The molecule has 1 saturated carbocycles. The maximum Gasteiger partial charge on any atom is 0.248 e. The number of Topliss-reactive ketones (excluding diaryl/α,β-unsaturated/α-hetero) is 1. The average molecular weight is 621 g/mol. The molecule has 4 aromatic rings. The van der Waals surface area contributed by atoms with Crippen LogP contribution in [0.4, 0.5) is 10.2 Å². The van der Waals surface area contributed by atoms with Gasteiger partial charge in [-0.3, -0.25) is 24.0 Å². The number of piperidine rings is 1. The van der Waals surface area contributed by atoms with Crippen LogP contribution in [-0.2, 0) is 16.1 Å². The van der Waals surface area contributed by atoms with Crippen LogP contribution in [0.25, 0.3) is 22.2 Å². The van der Waals surface area contributed by atoms with Crippen molar-refractivity contribution in [2.75, 3.05) is 5.32 Å². The number of nitrogens with one attached hydrogen (secondary N) is 1. The SMILES string of the molecule is CC(=O)c1nn(CC(=O)N2[C@H](C(=O)Nc3cc(F)cc(Br)n3)C[C@@]3(C)C[C@@H]23)c2c(C)nc(-c3cnc(C)nc3)cc12. The molecule has 2 fully saturated rings. The Morgan fingerprint density at radius 1 is 1.12 bits per heavy atom. The van der Waals surface area contributed by atoms with Gasteiger partial charge in [-0.25, -0.2) is 19.3 Å². The lowest BCUT2D eigenvalue weighted by atomic mass is 10.0. The van der Waals surface area contributed by atoms with Gasteiger partial charge in [0.05, 0.1) is 16.9 Å². The molecular formula is C28H26BrFN8O3. The Morgan fingerprint density at radius 2 is 1.85 bits per heavy atom. The average Bonchev–Trinajstić information content (AvgIpc) is 3.25. The topological polar surface area (TPSA) is 136 Å². The molecule has 1 N–H and O–H groups in total. The zero-order valence-electron chi connectivity index (χ0n) is 22.8. The van der Waals surface area contributed by atoms with Gasteiger partial charge in [-0.15, -0.1) is 0 Å². The predicted molar refractivity (Wildman–Crippen MR) is 150 cm³/mol. The molecule has 0 spiro atoms. The van der Waals surface area contributed by atoms with E-state index in [4.69, 9.17) is 4.98 Å². The Hall–Kier alpha value is -4.13. The fourth-order valence-corrected chi connectivity index (χ4v) is 6.16. The zero-order chi connectivity index (χ0) is 29.2. The number of likely N-dealkylation sites (tertiary alicyclic amines) is 1. The lowest BCUT2D eigenvalue weighted by Gasteiger charge is -2.27. The van der Waals surface area contributed by atoms with Crippen LogP contribution >= 0.6 is 15.9 Å². The molecule has 0 bridgehead atoms. The minimum Gasteiger partial charge on any atom is -0.325 e. The summed E-state index contributed by atoms with van der Waals surface area (Å²) in [4.78, 5) is 58.6. The second-order valence-corrected chi connectivity index (χ2v) is 11.8. The lowest BCUT2D eigenvalue weighted by Crippen LogP contribution is -2.46. The van der Waals surface area contributed by atoms with Crippen LogP contribution in [0.15, 0.2) is 35.2 Å². The highest BCUT2D eigenvalue weighted by atomic mass is 79.9. The first-order chi connectivity index (χ1) is 19.4. The van der Waals surface area contributed by atoms with E-state index in [1.54, 1.807) is 37.2 Å². The van der Waals surface area contributed by atoms with Gasteiger partial charge < -0.3 is 10.2 Å². The number of aromatic nitrogens is 6. The van der Waals surface area contributed by atoms with Gasteiger partial charge >= 0.3 is 0 Å². The lowest BCUT2D eigenvalue weighted by molar-refractivity contribution is -0.138. The molecule has 5 heterocycles. The summed E-state index contributed by atoms with van der Waals surface area (Å²) in [7, 11) is 0. The summed E-state index contributed by atoms with van der Waals surface area (Å²) in [5.74, 6) is -0.859. The van der Waals surface area contributed by atoms with Crippen molar-refractivity contribution in [3.63, 3.8) is 0 Å².